The highest BCUT2D eigenvalue weighted by molar-refractivity contribution is 6.44. The van der Waals surface area contributed by atoms with Crippen LogP contribution in [0.5, 0.6) is 0 Å². The van der Waals surface area contributed by atoms with Crippen LogP contribution in [0.15, 0.2) is 47.6 Å². The van der Waals surface area contributed by atoms with E-state index in [1.165, 1.54) is 5.01 Å². The Balaban J connectivity index is 1.44. The van der Waals surface area contributed by atoms with Crippen LogP contribution in [0.4, 0.5) is 11.4 Å². The van der Waals surface area contributed by atoms with Crippen LogP contribution >= 0.6 is 0 Å². The molecule has 0 atom stereocenters. The molecule has 2 aromatic carbocycles. The highest BCUT2D eigenvalue weighted by atomic mass is 16.2. The van der Waals surface area contributed by atoms with Crippen molar-refractivity contribution in [2.24, 2.45) is 5.10 Å². The van der Waals surface area contributed by atoms with Crippen molar-refractivity contribution in [1.82, 2.24) is 5.32 Å². The number of benzene rings is 2. The van der Waals surface area contributed by atoms with Gasteiger partial charge in [-0.3, -0.25) is 14.4 Å². The quantitative estimate of drug-likeness (QED) is 0.745. The van der Waals surface area contributed by atoms with Crippen LogP contribution in [0.25, 0.3) is 0 Å². The third-order valence-electron chi connectivity index (χ3n) is 5.98. The fourth-order valence-corrected chi connectivity index (χ4v) is 4.10. The summed E-state index contributed by atoms with van der Waals surface area (Å²) in [4.78, 5) is 37.6. The van der Waals surface area contributed by atoms with E-state index in [9.17, 15) is 14.4 Å². The Morgan fingerprint density at radius 2 is 1.69 bits per heavy atom. The lowest BCUT2D eigenvalue weighted by Gasteiger charge is -2.24. The Kier molecular flexibility index (Phi) is 6.35. The van der Waals surface area contributed by atoms with Gasteiger partial charge in [0.1, 0.15) is 5.71 Å². The van der Waals surface area contributed by atoms with Gasteiger partial charge in [-0.05, 0) is 68.1 Å². The van der Waals surface area contributed by atoms with Gasteiger partial charge in [-0.1, -0.05) is 25.0 Å². The van der Waals surface area contributed by atoms with Crippen molar-refractivity contribution in [2.45, 2.75) is 58.4 Å². The van der Waals surface area contributed by atoms with E-state index >= 15 is 0 Å². The summed E-state index contributed by atoms with van der Waals surface area (Å²) in [5, 5.41) is 11.6. The Morgan fingerprint density at radius 3 is 2.41 bits per heavy atom. The summed E-state index contributed by atoms with van der Waals surface area (Å²) in [5.41, 5.74) is 4.07. The Hall–Kier alpha value is -3.48. The number of hydrazone groups is 1. The van der Waals surface area contributed by atoms with Gasteiger partial charge < -0.3 is 10.6 Å². The number of carbonyl (C=O) groups excluding carboxylic acids is 3. The molecular weight excluding hydrogens is 404 g/mol. The Bertz CT molecular complexity index is 1070. The smallest absolute Gasteiger partial charge is 0.271 e. The van der Waals surface area contributed by atoms with Crippen LogP contribution in [0.2, 0.25) is 0 Å². The molecule has 166 valence electrons. The summed E-state index contributed by atoms with van der Waals surface area (Å²) in [7, 11) is 0. The average Bonchev–Trinajstić information content (AvgIpc) is 3.29. The molecule has 7 heteroatoms. The van der Waals surface area contributed by atoms with E-state index < -0.39 is 0 Å². The molecule has 0 bridgehead atoms. The van der Waals surface area contributed by atoms with Crippen LogP contribution in [0.3, 0.4) is 0 Å². The van der Waals surface area contributed by atoms with E-state index in [-0.39, 0.29) is 36.6 Å². The van der Waals surface area contributed by atoms with Gasteiger partial charge in [0.2, 0.25) is 5.91 Å². The fraction of sp³-hybridized carbons (Fsp3) is 0.360. The normalized spacial score (nSPS) is 16.6. The standard InChI is InChI=1S/C25H28N4O3/c1-16-7-8-17(2)22(15-16)29-23(30)14-13-21(28-29)25(32)27-20-11-9-18(10-12-20)24(31)26-19-5-3-4-6-19/h7-12,15,19H,3-6,13-14H2,1-2H3,(H,26,31)(H,27,32). The minimum atomic E-state index is -0.351. The van der Waals surface area contributed by atoms with E-state index in [0.717, 1.165) is 36.8 Å². The number of aryl methyl sites for hydroxylation is 2. The van der Waals surface area contributed by atoms with Crippen molar-refractivity contribution in [3.63, 3.8) is 0 Å². The summed E-state index contributed by atoms with van der Waals surface area (Å²) in [6, 6.07) is 12.9. The third-order valence-corrected chi connectivity index (χ3v) is 5.98. The van der Waals surface area contributed by atoms with Crippen LogP contribution in [-0.2, 0) is 9.59 Å². The minimum Gasteiger partial charge on any atom is -0.349 e. The largest absolute Gasteiger partial charge is 0.349 e. The minimum absolute atomic E-state index is 0.0888. The maximum atomic E-state index is 12.8. The van der Waals surface area contributed by atoms with Crippen molar-refractivity contribution in [3.05, 3.63) is 59.2 Å². The Morgan fingerprint density at radius 1 is 0.969 bits per heavy atom. The second-order valence-corrected chi connectivity index (χ2v) is 8.53. The topological polar surface area (TPSA) is 90.9 Å². The maximum absolute atomic E-state index is 12.8. The fourth-order valence-electron chi connectivity index (χ4n) is 4.10. The van der Waals surface area contributed by atoms with E-state index in [1.54, 1.807) is 24.3 Å². The zero-order chi connectivity index (χ0) is 22.7. The SMILES string of the molecule is Cc1ccc(C)c(N2N=C(C(=O)Nc3ccc(C(=O)NC4CCCC4)cc3)CCC2=O)c1. The number of nitrogens with one attached hydrogen (secondary N) is 2. The molecule has 1 heterocycles. The second-order valence-electron chi connectivity index (χ2n) is 8.53. The molecule has 1 saturated carbocycles. The predicted molar refractivity (Wildman–Crippen MR) is 125 cm³/mol. The highest BCUT2D eigenvalue weighted by Gasteiger charge is 2.26. The van der Waals surface area contributed by atoms with Crippen molar-refractivity contribution in [1.29, 1.82) is 0 Å². The Labute approximate surface area is 187 Å². The van der Waals surface area contributed by atoms with Gasteiger partial charge in [0.05, 0.1) is 5.69 Å². The molecule has 4 rings (SSSR count). The first-order valence-electron chi connectivity index (χ1n) is 11.1. The van der Waals surface area contributed by atoms with E-state index in [2.05, 4.69) is 15.7 Å². The summed E-state index contributed by atoms with van der Waals surface area (Å²) >= 11 is 0. The molecule has 0 radical (unpaired) electrons. The molecule has 0 saturated heterocycles. The van der Waals surface area contributed by atoms with Gasteiger partial charge in [0, 0.05) is 30.1 Å². The van der Waals surface area contributed by atoms with Gasteiger partial charge in [0.15, 0.2) is 0 Å². The first-order valence-corrected chi connectivity index (χ1v) is 11.1. The molecular formula is C25H28N4O3. The monoisotopic (exact) mass is 432 g/mol. The molecule has 0 aromatic heterocycles. The number of anilines is 2. The number of carbonyl (C=O) groups is 3. The zero-order valence-corrected chi connectivity index (χ0v) is 18.5. The van der Waals surface area contributed by atoms with Gasteiger partial charge >= 0.3 is 0 Å². The van der Waals surface area contributed by atoms with Gasteiger partial charge in [-0.2, -0.15) is 5.10 Å². The van der Waals surface area contributed by atoms with Crippen molar-refractivity contribution in [2.75, 3.05) is 10.3 Å². The third kappa shape index (κ3) is 4.88. The van der Waals surface area contributed by atoms with Gasteiger partial charge in [-0.15, -0.1) is 0 Å². The lowest BCUT2D eigenvalue weighted by Crippen LogP contribution is -2.36. The average molecular weight is 433 g/mol. The zero-order valence-electron chi connectivity index (χ0n) is 18.5. The first kappa shape index (κ1) is 21.7. The van der Waals surface area contributed by atoms with Crippen molar-refractivity contribution >= 4 is 34.8 Å². The molecule has 3 amide bonds. The van der Waals surface area contributed by atoms with E-state index in [0.29, 0.717) is 22.6 Å². The molecule has 7 nitrogen and oxygen atoms in total. The summed E-state index contributed by atoms with van der Waals surface area (Å²) in [6.45, 7) is 3.86. The molecule has 1 aliphatic heterocycles. The number of nitrogens with zero attached hydrogens (tertiary/aromatic N) is 2. The number of rotatable bonds is 5. The first-order chi connectivity index (χ1) is 15.4. The lowest BCUT2D eigenvalue weighted by molar-refractivity contribution is -0.118. The van der Waals surface area contributed by atoms with Crippen molar-refractivity contribution in [3.8, 4) is 0 Å². The van der Waals surface area contributed by atoms with Gasteiger partial charge in [-0.25, -0.2) is 5.01 Å². The maximum Gasteiger partial charge on any atom is 0.271 e. The van der Waals surface area contributed by atoms with E-state index in [1.807, 2.05) is 32.0 Å². The number of hydrogen-bond donors (Lipinski definition) is 2. The van der Waals surface area contributed by atoms with Crippen LogP contribution < -0.4 is 15.6 Å². The number of hydrogen-bond acceptors (Lipinski definition) is 4. The molecule has 32 heavy (non-hydrogen) atoms. The lowest BCUT2D eigenvalue weighted by atomic mass is 10.1. The molecule has 0 spiro atoms. The number of amides is 3. The molecule has 2 N–H and O–H groups in total. The van der Waals surface area contributed by atoms with Crippen LogP contribution in [0.1, 0.15) is 60.0 Å². The molecule has 2 aromatic rings. The summed E-state index contributed by atoms with van der Waals surface area (Å²) < 4.78 is 0. The molecule has 2 aliphatic rings. The summed E-state index contributed by atoms with van der Waals surface area (Å²) in [5.74, 6) is -0.571. The van der Waals surface area contributed by atoms with Crippen LogP contribution in [0, 0.1) is 13.8 Å². The molecule has 0 unspecified atom stereocenters. The molecule has 1 fully saturated rings. The van der Waals surface area contributed by atoms with Crippen molar-refractivity contribution < 1.29 is 14.4 Å². The predicted octanol–water partition coefficient (Wildman–Crippen LogP) is 4.10. The van der Waals surface area contributed by atoms with E-state index in [4.69, 9.17) is 0 Å². The summed E-state index contributed by atoms with van der Waals surface area (Å²) in [6.07, 6.45) is 4.89. The highest BCUT2D eigenvalue weighted by Crippen LogP contribution is 2.26. The second kappa shape index (κ2) is 9.34. The molecule has 1 aliphatic carbocycles. The van der Waals surface area contributed by atoms with Crippen LogP contribution in [-0.4, -0.2) is 29.5 Å². The van der Waals surface area contributed by atoms with Gasteiger partial charge in [0.25, 0.3) is 11.8 Å².